The molecule has 1 unspecified atom stereocenters. The first-order chi connectivity index (χ1) is 10.3. The minimum absolute atomic E-state index is 0.362. The van der Waals surface area contributed by atoms with E-state index in [-0.39, 0.29) is 0 Å². The fraction of sp³-hybridized carbons (Fsp3) is 0.143. The van der Waals surface area contributed by atoms with Gasteiger partial charge in [-0.25, -0.2) is 0 Å². The number of allylic oxidation sites excluding steroid dienone is 3. The predicted molar refractivity (Wildman–Crippen MR) is 91.6 cm³/mol. The molecule has 1 atom stereocenters. The Morgan fingerprint density at radius 3 is 2.43 bits per heavy atom. The minimum Gasteiger partial charge on any atom is -0.103 e. The van der Waals surface area contributed by atoms with Gasteiger partial charge in [-0.15, -0.1) is 13.2 Å². The molecule has 0 saturated carbocycles. The maximum atomic E-state index is 3.93. The van der Waals surface area contributed by atoms with Crippen molar-refractivity contribution in [3.05, 3.63) is 102 Å². The Morgan fingerprint density at radius 1 is 0.857 bits per heavy atom. The first-order valence-corrected chi connectivity index (χ1v) is 7.44. The molecule has 0 heterocycles. The van der Waals surface area contributed by atoms with Gasteiger partial charge in [-0.2, -0.15) is 0 Å². The summed E-state index contributed by atoms with van der Waals surface area (Å²) in [4.78, 5) is 0. The molecule has 0 heteroatoms. The highest BCUT2D eigenvalue weighted by atomic mass is 14.2. The summed E-state index contributed by atoms with van der Waals surface area (Å²) in [5.41, 5.74) is 6.90. The van der Waals surface area contributed by atoms with Crippen LogP contribution in [0, 0.1) is 0 Å². The molecule has 0 N–H and O–H groups in total. The Morgan fingerprint density at radius 2 is 1.62 bits per heavy atom. The van der Waals surface area contributed by atoms with Gasteiger partial charge in [0.1, 0.15) is 0 Å². The molecule has 0 amide bonds. The van der Waals surface area contributed by atoms with Crippen molar-refractivity contribution in [3.63, 3.8) is 0 Å². The summed E-state index contributed by atoms with van der Waals surface area (Å²) in [5.74, 6) is 0.362. The Balaban J connectivity index is 2.11. The summed E-state index contributed by atoms with van der Waals surface area (Å²) in [7, 11) is 0. The van der Waals surface area contributed by atoms with Gasteiger partial charge >= 0.3 is 0 Å². The average molecular weight is 272 g/mol. The fourth-order valence-corrected chi connectivity index (χ4v) is 3.21. The van der Waals surface area contributed by atoms with Crippen LogP contribution in [0.3, 0.4) is 0 Å². The molecule has 2 aromatic carbocycles. The van der Waals surface area contributed by atoms with Gasteiger partial charge in [0.05, 0.1) is 0 Å². The van der Waals surface area contributed by atoms with Gasteiger partial charge in [-0.3, -0.25) is 0 Å². The highest BCUT2D eigenvalue weighted by molar-refractivity contribution is 5.66. The Kier molecular flexibility index (Phi) is 3.87. The summed E-state index contributed by atoms with van der Waals surface area (Å²) in [6.45, 7) is 7.81. The fourth-order valence-electron chi connectivity index (χ4n) is 3.21. The monoisotopic (exact) mass is 272 g/mol. The SMILES string of the molecule is C=CCc1cccc(C2C=Cc3ccccc32)c1CC=C. The van der Waals surface area contributed by atoms with Crippen LogP contribution in [0.1, 0.15) is 33.7 Å². The van der Waals surface area contributed by atoms with Crippen molar-refractivity contribution < 1.29 is 0 Å². The van der Waals surface area contributed by atoms with E-state index in [0.29, 0.717) is 5.92 Å². The van der Waals surface area contributed by atoms with Crippen molar-refractivity contribution in [1.29, 1.82) is 0 Å². The van der Waals surface area contributed by atoms with Crippen molar-refractivity contribution in [2.75, 3.05) is 0 Å². The summed E-state index contributed by atoms with van der Waals surface area (Å²) >= 11 is 0. The lowest BCUT2D eigenvalue weighted by molar-refractivity contribution is 0.990. The van der Waals surface area contributed by atoms with Gasteiger partial charge in [0.25, 0.3) is 0 Å². The van der Waals surface area contributed by atoms with Crippen molar-refractivity contribution in [2.45, 2.75) is 18.8 Å². The molecule has 1 aliphatic rings. The molecule has 0 nitrogen and oxygen atoms in total. The lowest BCUT2D eigenvalue weighted by atomic mass is 9.85. The molecular weight excluding hydrogens is 252 g/mol. The molecule has 0 fully saturated rings. The van der Waals surface area contributed by atoms with E-state index in [4.69, 9.17) is 0 Å². The Bertz CT molecular complexity index is 704. The van der Waals surface area contributed by atoms with Gasteiger partial charge in [0.2, 0.25) is 0 Å². The summed E-state index contributed by atoms with van der Waals surface area (Å²) in [6, 6.07) is 15.3. The van der Waals surface area contributed by atoms with Crippen molar-refractivity contribution in [1.82, 2.24) is 0 Å². The molecule has 0 aliphatic heterocycles. The topological polar surface area (TPSA) is 0 Å². The lowest BCUT2D eigenvalue weighted by Crippen LogP contribution is -2.04. The molecule has 104 valence electrons. The van der Waals surface area contributed by atoms with Crippen LogP contribution < -0.4 is 0 Å². The third kappa shape index (κ3) is 2.50. The largest absolute Gasteiger partial charge is 0.103 e. The molecule has 0 bridgehead atoms. The summed E-state index contributed by atoms with van der Waals surface area (Å²) in [5, 5.41) is 0. The third-order valence-electron chi connectivity index (χ3n) is 4.16. The van der Waals surface area contributed by atoms with E-state index in [9.17, 15) is 0 Å². The van der Waals surface area contributed by atoms with Crippen LogP contribution in [0.15, 0.2) is 73.9 Å². The third-order valence-corrected chi connectivity index (χ3v) is 4.16. The average Bonchev–Trinajstić information content (AvgIpc) is 2.93. The second-order valence-electron chi connectivity index (χ2n) is 5.44. The van der Waals surface area contributed by atoms with Crippen LogP contribution in [0.25, 0.3) is 6.08 Å². The first kappa shape index (κ1) is 13.6. The van der Waals surface area contributed by atoms with Crippen molar-refractivity contribution in [3.8, 4) is 0 Å². The van der Waals surface area contributed by atoms with Gasteiger partial charge in [0.15, 0.2) is 0 Å². The molecular formula is C21H20. The molecule has 21 heavy (non-hydrogen) atoms. The van der Waals surface area contributed by atoms with Crippen LogP contribution >= 0.6 is 0 Å². The zero-order valence-electron chi connectivity index (χ0n) is 12.3. The second-order valence-corrected chi connectivity index (χ2v) is 5.44. The van der Waals surface area contributed by atoms with E-state index < -0.39 is 0 Å². The van der Waals surface area contributed by atoms with Gasteiger partial charge in [0, 0.05) is 5.92 Å². The lowest BCUT2D eigenvalue weighted by Gasteiger charge is -2.18. The molecule has 2 aromatic rings. The molecule has 0 spiro atoms. The van der Waals surface area contributed by atoms with Gasteiger partial charge in [-0.1, -0.05) is 66.8 Å². The molecule has 0 saturated heterocycles. The normalized spacial score (nSPS) is 15.7. The number of fused-ring (bicyclic) bond motifs is 1. The Hall–Kier alpha value is -2.34. The number of benzene rings is 2. The number of hydrogen-bond acceptors (Lipinski definition) is 0. The first-order valence-electron chi connectivity index (χ1n) is 7.44. The van der Waals surface area contributed by atoms with Crippen LogP contribution in [-0.2, 0) is 12.8 Å². The van der Waals surface area contributed by atoms with E-state index >= 15 is 0 Å². The second kappa shape index (κ2) is 5.97. The highest BCUT2D eigenvalue weighted by Crippen LogP contribution is 2.37. The van der Waals surface area contributed by atoms with E-state index in [1.165, 1.54) is 27.8 Å². The molecule has 0 radical (unpaired) electrons. The Labute approximate surface area is 127 Å². The highest BCUT2D eigenvalue weighted by Gasteiger charge is 2.21. The van der Waals surface area contributed by atoms with E-state index in [1.807, 2.05) is 12.2 Å². The number of rotatable bonds is 5. The van der Waals surface area contributed by atoms with E-state index in [0.717, 1.165) is 12.8 Å². The quantitative estimate of drug-likeness (QED) is 0.648. The van der Waals surface area contributed by atoms with Crippen LogP contribution in [-0.4, -0.2) is 0 Å². The molecule has 0 aromatic heterocycles. The zero-order valence-corrected chi connectivity index (χ0v) is 12.3. The molecule has 1 aliphatic carbocycles. The van der Waals surface area contributed by atoms with Gasteiger partial charge < -0.3 is 0 Å². The van der Waals surface area contributed by atoms with Crippen molar-refractivity contribution >= 4 is 6.08 Å². The van der Waals surface area contributed by atoms with Crippen LogP contribution in [0.4, 0.5) is 0 Å². The molecule has 3 rings (SSSR count). The predicted octanol–water partition coefficient (Wildman–Crippen LogP) is 5.30. The van der Waals surface area contributed by atoms with Crippen LogP contribution in [0.5, 0.6) is 0 Å². The van der Waals surface area contributed by atoms with Gasteiger partial charge in [-0.05, 0) is 40.7 Å². The minimum atomic E-state index is 0.362. The van der Waals surface area contributed by atoms with Crippen LogP contribution in [0.2, 0.25) is 0 Å². The summed E-state index contributed by atoms with van der Waals surface area (Å²) in [6.07, 6.45) is 10.3. The smallest absolute Gasteiger partial charge is 0.0281 e. The van der Waals surface area contributed by atoms with E-state index in [1.54, 1.807) is 0 Å². The summed E-state index contributed by atoms with van der Waals surface area (Å²) < 4.78 is 0. The number of hydrogen-bond donors (Lipinski definition) is 0. The van der Waals surface area contributed by atoms with Crippen molar-refractivity contribution in [2.24, 2.45) is 0 Å². The zero-order chi connectivity index (χ0) is 14.7. The maximum absolute atomic E-state index is 3.93. The van der Waals surface area contributed by atoms with E-state index in [2.05, 4.69) is 67.8 Å². The standard InChI is InChI=1S/C21H20/c1-3-8-16-11-7-13-20(18(16)9-4-2)21-15-14-17-10-5-6-12-19(17)21/h3-7,10-15,21H,1-2,8-9H2. The maximum Gasteiger partial charge on any atom is 0.0281 e.